The first-order valence-corrected chi connectivity index (χ1v) is 10.9. The Balaban J connectivity index is 1.50. The highest BCUT2D eigenvalue weighted by atomic mass is 16.5. The Morgan fingerprint density at radius 1 is 1.12 bits per heavy atom. The molecule has 0 aromatic heterocycles. The standard InChI is InChI=1S/C21H39N3O2/c1-4-21(8-10-22(17-21)9-5-18(2)3)24-13-11-23(12-14-24)20(25)19-6-15-26-16-7-19/h18-19H,4-17H2,1-3H3. The van der Waals surface area contributed by atoms with Crippen molar-refractivity contribution in [1.82, 2.24) is 14.7 Å². The Hall–Kier alpha value is -0.650. The van der Waals surface area contributed by atoms with Gasteiger partial charge in [-0.25, -0.2) is 0 Å². The Morgan fingerprint density at radius 3 is 2.42 bits per heavy atom. The van der Waals surface area contributed by atoms with Crippen LogP contribution in [0.3, 0.4) is 0 Å². The minimum atomic E-state index is 0.202. The molecule has 3 aliphatic heterocycles. The van der Waals surface area contributed by atoms with Gasteiger partial charge in [-0.1, -0.05) is 20.8 Å². The van der Waals surface area contributed by atoms with Crippen LogP contribution in [0.2, 0.25) is 0 Å². The lowest BCUT2D eigenvalue weighted by Gasteiger charge is -2.46. The molecule has 26 heavy (non-hydrogen) atoms. The van der Waals surface area contributed by atoms with Gasteiger partial charge < -0.3 is 14.5 Å². The average Bonchev–Trinajstić information content (AvgIpc) is 3.11. The van der Waals surface area contributed by atoms with Crippen LogP contribution in [0, 0.1) is 11.8 Å². The topological polar surface area (TPSA) is 36.0 Å². The van der Waals surface area contributed by atoms with Crippen LogP contribution in [-0.2, 0) is 9.53 Å². The Morgan fingerprint density at radius 2 is 1.81 bits per heavy atom. The number of likely N-dealkylation sites (tertiary alicyclic amines) is 1. The van der Waals surface area contributed by atoms with Crippen molar-refractivity contribution in [2.24, 2.45) is 11.8 Å². The van der Waals surface area contributed by atoms with Gasteiger partial charge in [-0.3, -0.25) is 9.69 Å². The molecule has 0 saturated carbocycles. The summed E-state index contributed by atoms with van der Waals surface area (Å²) in [5.74, 6) is 1.36. The van der Waals surface area contributed by atoms with Gasteiger partial charge in [0.2, 0.25) is 5.91 Å². The van der Waals surface area contributed by atoms with Crippen molar-refractivity contribution in [3.63, 3.8) is 0 Å². The molecule has 3 fully saturated rings. The molecule has 3 saturated heterocycles. The second-order valence-corrected chi connectivity index (χ2v) is 8.99. The van der Waals surface area contributed by atoms with E-state index in [1.807, 2.05) is 0 Å². The lowest BCUT2D eigenvalue weighted by Crippen LogP contribution is -2.59. The maximum Gasteiger partial charge on any atom is 0.225 e. The molecule has 0 aromatic rings. The van der Waals surface area contributed by atoms with Crippen LogP contribution in [0.15, 0.2) is 0 Å². The smallest absolute Gasteiger partial charge is 0.225 e. The Bertz CT molecular complexity index is 456. The van der Waals surface area contributed by atoms with Crippen molar-refractivity contribution < 1.29 is 9.53 Å². The number of rotatable bonds is 6. The number of ether oxygens (including phenoxy) is 1. The van der Waals surface area contributed by atoms with Gasteiger partial charge in [0.25, 0.3) is 0 Å². The molecule has 1 amide bonds. The molecule has 0 aromatic carbocycles. The van der Waals surface area contributed by atoms with Crippen LogP contribution < -0.4 is 0 Å². The van der Waals surface area contributed by atoms with Gasteiger partial charge in [0.15, 0.2) is 0 Å². The van der Waals surface area contributed by atoms with Crippen LogP contribution in [0.1, 0.15) is 52.9 Å². The largest absolute Gasteiger partial charge is 0.381 e. The zero-order valence-corrected chi connectivity index (χ0v) is 17.2. The van der Waals surface area contributed by atoms with Crippen LogP contribution in [-0.4, -0.2) is 85.2 Å². The molecule has 0 spiro atoms. The molecule has 0 bridgehead atoms. The summed E-state index contributed by atoms with van der Waals surface area (Å²) in [7, 11) is 0. The first-order chi connectivity index (χ1) is 12.5. The molecule has 0 radical (unpaired) electrons. The van der Waals surface area contributed by atoms with Crippen molar-refractivity contribution >= 4 is 5.91 Å². The van der Waals surface area contributed by atoms with Crippen LogP contribution in [0.25, 0.3) is 0 Å². The zero-order valence-electron chi connectivity index (χ0n) is 17.2. The van der Waals surface area contributed by atoms with E-state index in [-0.39, 0.29) is 5.92 Å². The van der Waals surface area contributed by atoms with E-state index in [1.54, 1.807) is 0 Å². The summed E-state index contributed by atoms with van der Waals surface area (Å²) < 4.78 is 5.41. The molecule has 1 unspecified atom stereocenters. The maximum atomic E-state index is 12.8. The number of carbonyl (C=O) groups is 1. The average molecular weight is 366 g/mol. The monoisotopic (exact) mass is 365 g/mol. The third-order valence-corrected chi connectivity index (χ3v) is 6.92. The Labute approximate surface area is 160 Å². The van der Waals surface area contributed by atoms with Crippen LogP contribution in [0.5, 0.6) is 0 Å². The number of piperazine rings is 1. The quantitative estimate of drug-likeness (QED) is 0.724. The van der Waals surface area contributed by atoms with Crippen molar-refractivity contribution in [2.45, 2.75) is 58.4 Å². The normalized spacial score (nSPS) is 29.6. The minimum Gasteiger partial charge on any atom is -0.381 e. The van der Waals surface area contributed by atoms with Gasteiger partial charge in [-0.15, -0.1) is 0 Å². The molecule has 3 aliphatic rings. The molecule has 1 atom stereocenters. The third kappa shape index (κ3) is 4.60. The summed E-state index contributed by atoms with van der Waals surface area (Å²) in [6, 6.07) is 0. The van der Waals surface area contributed by atoms with Gasteiger partial charge in [-0.2, -0.15) is 0 Å². The number of hydrogen-bond donors (Lipinski definition) is 0. The molecule has 0 aliphatic carbocycles. The molecule has 150 valence electrons. The van der Waals surface area contributed by atoms with E-state index < -0.39 is 0 Å². The summed E-state index contributed by atoms with van der Waals surface area (Å²) in [4.78, 5) is 20.3. The van der Waals surface area contributed by atoms with Gasteiger partial charge in [0, 0.05) is 63.9 Å². The van der Waals surface area contributed by atoms with E-state index in [0.717, 1.165) is 58.2 Å². The summed E-state index contributed by atoms with van der Waals surface area (Å²) in [5, 5.41) is 0. The van der Waals surface area contributed by atoms with E-state index in [1.165, 1.54) is 38.9 Å². The predicted molar refractivity (Wildman–Crippen MR) is 105 cm³/mol. The van der Waals surface area contributed by atoms with E-state index in [2.05, 4.69) is 35.5 Å². The molecular formula is C21H39N3O2. The van der Waals surface area contributed by atoms with E-state index in [9.17, 15) is 4.79 Å². The van der Waals surface area contributed by atoms with E-state index >= 15 is 0 Å². The second-order valence-electron chi connectivity index (χ2n) is 8.99. The molecule has 5 heteroatoms. The lowest BCUT2D eigenvalue weighted by molar-refractivity contribution is -0.141. The first-order valence-electron chi connectivity index (χ1n) is 10.9. The fourth-order valence-electron chi connectivity index (χ4n) is 4.95. The predicted octanol–water partition coefficient (Wildman–Crippen LogP) is 2.46. The van der Waals surface area contributed by atoms with Gasteiger partial charge in [0.1, 0.15) is 0 Å². The van der Waals surface area contributed by atoms with Gasteiger partial charge >= 0.3 is 0 Å². The summed E-state index contributed by atoms with van der Waals surface area (Å²) in [6.07, 6.45) is 5.62. The molecule has 3 rings (SSSR count). The van der Waals surface area contributed by atoms with Crippen LogP contribution in [0.4, 0.5) is 0 Å². The summed E-state index contributed by atoms with van der Waals surface area (Å²) in [5.41, 5.74) is 0.338. The van der Waals surface area contributed by atoms with Crippen molar-refractivity contribution in [3.8, 4) is 0 Å². The van der Waals surface area contributed by atoms with Crippen molar-refractivity contribution in [2.75, 3.05) is 59.0 Å². The number of hydrogen-bond acceptors (Lipinski definition) is 4. The van der Waals surface area contributed by atoms with E-state index in [0.29, 0.717) is 11.4 Å². The fourth-order valence-corrected chi connectivity index (χ4v) is 4.95. The SMILES string of the molecule is CCC1(N2CCN(C(=O)C3CCOCC3)CC2)CCN(CCC(C)C)C1. The first kappa shape index (κ1) is 20.1. The van der Waals surface area contributed by atoms with Crippen molar-refractivity contribution in [1.29, 1.82) is 0 Å². The maximum absolute atomic E-state index is 12.8. The molecule has 3 heterocycles. The van der Waals surface area contributed by atoms with Crippen molar-refractivity contribution in [3.05, 3.63) is 0 Å². The van der Waals surface area contributed by atoms with Gasteiger partial charge in [0.05, 0.1) is 0 Å². The summed E-state index contributed by atoms with van der Waals surface area (Å²) in [6.45, 7) is 16.1. The summed E-state index contributed by atoms with van der Waals surface area (Å²) >= 11 is 0. The third-order valence-electron chi connectivity index (χ3n) is 6.92. The molecular weight excluding hydrogens is 326 g/mol. The van der Waals surface area contributed by atoms with Gasteiger partial charge in [-0.05, 0) is 44.6 Å². The number of carbonyl (C=O) groups excluding carboxylic acids is 1. The van der Waals surface area contributed by atoms with E-state index in [4.69, 9.17) is 4.74 Å². The molecule has 0 N–H and O–H groups in total. The lowest BCUT2D eigenvalue weighted by atomic mass is 9.91. The Kier molecular flexibility index (Phi) is 6.98. The number of nitrogens with zero attached hydrogens (tertiary/aromatic N) is 3. The zero-order chi connectivity index (χ0) is 18.6. The second kappa shape index (κ2) is 9.03. The highest BCUT2D eigenvalue weighted by molar-refractivity contribution is 5.79. The highest BCUT2D eigenvalue weighted by Gasteiger charge is 2.43. The molecule has 5 nitrogen and oxygen atoms in total. The highest BCUT2D eigenvalue weighted by Crippen LogP contribution is 2.33. The number of amides is 1. The minimum absolute atomic E-state index is 0.202. The fraction of sp³-hybridized carbons (Fsp3) is 0.952. The van der Waals surface area contributed by atoms with Crippen LogP contribution >= 0.6 is 0 Å².